The summed E-state index contributed by atoms with van der Waals surface area (Å²) in [6.07, 6.45) is -0.358. The average Bonchev–Trinajstić information content (AvgIpc) is 2.95. The molecule has 24 heavy (non-hydrogen) atoms. The summed E-state index contributed by atoms with van der Waals surface area (Å²) < 4.78 is 4.91. The normalized spacial score (nSPS) is 14.3. The molecule has 1 aliphatic rings. The van der Waals surface area contributed by atoms with E-state index in [0.717, 1.165) is 0 Å². The van der Waals surface area contributed by atoms with Crippen LogP contribution in [0.3, 0.4) is 0 Å². The van der Waals surface area contributed by atoms with Crippen molar-refractivity contribution in [2.75, 3.05) is 19.7 Å². The van der Waals surface area contributed by atoms with Crippen molar-refractivity contribution in [2.45, 2.75) is 19.9 Å². The Hall–Kier alpha value is -3.04. The van der Waals surface area contributed by atoms with Crippen molar-refractivity contribution in [2.24, 2.45) is 0 Å². The minimum Gasteiger partial charge on any atom is -0.450 e. The third-order valence-electron chi connectivity index (χ3n) is 3.81. The summed E-state index contributed by atoms with van der Waals surface area (Å²) in [5, 5.41) is 23.2. The Morgan fingerprint density at radius 2 is 2.21 bits per heavy atom. The van der Waals surface area contributed by atoms with E-state index in [1.54, 1.807) is 30.9 Å². The zero-order chi connectivity index (χ0) is 17.3. The van der Waals surface area contributed by atoms with Gasteiger partial charge < -0.3 is 9.64 Å². The van der Waals surface area contributed by atoms with E-state index in [9.17, 15) is 14.9 Å². The summed E-state index contributed by atoms with van der Waals surface area (Å²) in [6, 6.07) is 4.73. The number of carbonyl (C=O) groups is 1. The predicted molar refractivity (Wildman–Crippen MR) is 82.3 cm³/mol. The maximum absolute atomic E-state index is 11.5. The molecular formula is C14H16N6O4. The van der Waals surface area contributed by atoms with E-state index in [2.05, 4.69) is 15.4 Å². The van der Waals surface area contributed by atoms with Crippen LogP contribution in [-0.4, -0.2) is 55.8 Å². The average molecular weight is 332 g/mol. The van der Waals surface area contributed by atoms with Crippen LogP contribution < -0.4 is 0 Å². The highest BCUT2D eigenvalue weighted by Crippen LogP contribution is 2.25. The van der Waals surface area contributed by atoms with Crippen LogP contribution in [-0.2, 0) is 4.74 Å². The van der Waals surface area contributed by atoms with Crippen molar-refractivity contribution >= 4 is 11.8 Å². The van der Waals surface area contributed by atoms with E-state index in [1.807, 2.05) is 0 Å². The first-order chi connectivity index (χ1) is 11.5. The molecule has 0 spiro atoms. The van der Waals surface area contributed by atoms with Gasteiger partial charge in [-0.3, -0.25) is 10.1 Å². The lowest BCUT2D eigenvalue weighted by Gasteiger charge is -2.36. The SMILES string of the molecule is CCOC(=O)N1CC(n2nnc(-c3ccc(C)c([N+](=O)[O-])c3)n2)C1. The fourth-order valence-corrected chi connectivity index (χ4v) is 2.41. The first-order valence-corrected chi connectivity index (χ1v) is 7.46. The largest absolute Gasteiger partial charge is 0.450 e. The molecule has 0 bridgehead atoms. The van der Waals surface area contributed by atoms with Crippen molar-refractivity contribution in [1.82, 2.24) is 25.1 Å². The molecule has 3 rings (SSSR count). The van der Waals surface area contributed by atoms with Crippen LogP contribution in [0.5, 0.6) is 0 Å². The third-order valence-corrected chi connectivity index (χ3v) is 3.81. The van der Waals surface area contributed by atoms with Gasteiger partial charge in [-0.1, -0.05) is 12.1 Å². The summed E-state index contributed by atoms with van der Waals surface area (Å²) in [5.74, 6) is 0.313. The van der Waals surface area contributed by atoms with Crippen LogP contribution in [0.2, 0.25) is 0 Å². The van der Waals surface area contributed by atoms with Crippen molar-refractivity contribution in [3.8, 4) is 11.4 Å². The van der Waals surface area contributed by atoms with Gasteiger partial charge in [0.25, 0.3) is 5.69 Å². The van der Waals surface area contributed by atoms with Gasteiger partial charge in [0.1, 0.15) is 6.04 Å². The molecule has 1 amide bonds. The smallest absolute Gasteiger partial charge is 0.409 e. The quantitative estimate of drug-likeness (QED) is 0.616. The molecule has 10 nitrogen and oxygen atoms in total. The van der Waals surface area contributed by atoms with Gasteiger partial charge in [-0.25, -0.2) is 4.79 Å². The number of rotatable bonds is 4. The number of ether oxygens (including phenoxy) is 1. The summed E-state index contributed by atoms with van der Waals surface area (Å²) in [4.78, 5) is 25.1. The number of carbonyl (C=O) groups excluding carboxylic acids is 1. The van der Waals surface area contributed by atoms with E-state index >= 15 is 0 Å². The molecule has 0 aliphatic carbocycles. The number of hydrogen-bond donors (Lipinski definition) is 0. The van der Waals surface area contributed by atoms with Gasteiger partial charge in [0.05, 0.1) is 24.6 Å². The molecule has 2 heterocycles. The summed E-state index contributed by atoms with van der Waals surface area (Å²) in [5.41, 5.74) is 1.11. The lowest BCUT2D eigenvalue weighted by molar-refractivity contribution is -0.385. The third kappa shape index (κ3) is 2.90. The molecule has 0 atom stereocenters. The number of aromatic nitrogens is 4. The highest BCUT2D eigenvalue weighted by molar-refractivity contribution is 5.68. The zero-order valence-electron chi connectivity index (χ0n) is 13.2. The second-order valence-electron chi connectivity index (χ2n) is 5.45. The van der Waals surface area contributed by atoms with Gasteiger partial charge in [0.2, 0.25) is 5.82 Å². The molecule has 0 N–H and O–H groups in total. The van der Waals surface area contributed by atoms with Crippen LogP contribution in [0.25, 0.3) is 11.4 Å². The molecule has 0 unspecified atom stereocenters. The topological polar surface area (TPSA) is 116 Å². The highest BCUT2D eigenvalue weighted by Gasteiger charge is 2.34. The van der Waals surface area contributed by atoms with Crippen molar-refractivity contribution in [1.29, 1.82) is 0 Å². The summed E-state index contributed by atoms with van der Waals surface area (Å²) >= 11 is 0. The molecule has 1 aromatic heterocycles. The summed E-state index contributed by atoms with van der Waals surface area (Å²) in [7, 11) is 0. The minimum atomic E-state index is -0.438. The van der Waals surface area contributed by atoms with Crippen LogP contribution in [0.15, 0.2) is 18.2 Å². The molecule has 1 saturated heterocycles. The van der Waals surface area contributed by atoms with Crippen LogP contribution >= 0.6 is 0 Å². The fourth-order valence-electron chi connectivity index (χ4n) is 2.41. The van der Waals surface area contributed by atoms with Crippen LogP contribution in [0, 0.1) is 17.0 Å². The van der Waals surface area contributed by atoms with Gasteiger partial charge in [0.15, 0.2) is 0 Å². The monoisotopic (exact) mass is 332 g/mol. The maximum Gasteiger partial charge on any atom is 0.409 e. The Balaban J connectivity index is 1.72. The number of tetrazole rings is 1. The standard InChI is InChI=1S/C14H16N6O4/c1-3-24-14(21)18-7-11(8-18)19-16-13(15-17-19)10-5-4-9(2)12(6-10)20(22)23/h4-6,11H,3,7-8H2,1-2H3. The van der Waals surface area contributed by atoms with E-state index in [4.69, 9.17) is 4.74 Å². The van der Waals surface area contributed by atoms with Gasteiger partial charge in [0, 0.05) is 17.2 Å². The minimum absolute atomic E-state index is 0.0148. The zero-order valence-corrected chi connectivity index (χ0v) is 13.2. The Morgan fingerprint density at radius 1 is 1.46 bits per heavy atom. The van der Waals surface area contributed by atoms with Crippen molar-refractivity contribution in [3.05, 3.63) is 33.9 Å². The van der Waals surface area contributed by atoms with E-state index in [-0.39, 0.29) is 17.8 Å². The molecular weight excluding hydrogens is 316 g/mol. The molecule has 0 radical (unpaired) electrons. The number of nitro groups is 1. The molecule has 0 saturated carbocycles. The second kappa shape index (κ2) is 6.22. The molecule has 1 aliphatic heterocycles. The van der Waals surface area contributed by atoms with E-state index < -0.39 is 4.92 Å². The Bertz CT molecular complexity index is 783. The second-order valence-corrected chi connectivity index (χ2v) is 5.45. The van der Waals surface area contributed by atoms with Crippen LogP contribution in [0.4, 0.5) is 10.5 Å². The summed E-state index contributed by atoms with van der Waals surface area (Å²) in [6.45, 7) is 4.65. The molecule has 10 heteroatoms. The van der Waals surface area contributed by atoms with Crippen LogP contribution in [0.1, 0.15) is 18.5 Å². The number of amides is 1. The first kappa shape index (κ1) is 15.8. The lowest BCUT2D eigenvalue weighted by Crippen LogP contribution is -2.51. The predicted octanol–water partition coefficient (Wildman–Crippen LogP) is 1.57. The maximum atomic E-state index is 11.5. The Morgan fingerprint density at radius 3 is 2.88 bits per heavy atom. The first-order valence-electron chi connectivity index (χ1n) is 7.46. The number of nitro benzene ring substituents is 1. The number of aryl methyl sites for hydroxylation is 1. The van der Waals surface area contributed by atoms with E-state index in [0.29, 0.717) is 36.6 Å². The lowest BCUT2D eigenvalue weighted by atomic mass is 10.1. The van der Waals surface area contributed by atoms with Gasteiger partial charge >= 0.3 is 6.09 Å². The van der Waals surface area contributed by atoms with Crippen molar-refractivity contribution in [3.63, 3.8) is 0 Å². The number of nitrogens with zero attached hydrogens (tertiary/aromatic N) is 6. The number of hydrogen-bond acceptors (Lipinski definition) is 7. The molecule has 1 fully saturated rings. The Kier molecular flexibility index (Phi) is 4.11. The fraction of sp³-hybridized carbons (Fsp3) is 0.429. The molecule has 1 aromatic carbocycles. The van der Waals surface area contributed by atoms with Gasteiger partial charge in [-0.15, -0.1) is 10.2 Å². The molecule has 126 valence electrons. The highest BCUT2D eigenvalue weighted by atomic mass is 16.6. The number of likely N-dealkylation sites (tertiary alicyclic amines) is 1. The van der Waals surface area contributed by atoms with Crippen molar-refractivity contribution < 1.29 is 14.5 Å². The number of benzene rings is 1. The molecule has 2 aromatic rings. The Labute approximate surface area is 137 Å². The van der Waals surface area contributed by atoms with E-state index in [1.165, 1.54) is 10.9 Å². The van der Waals surface area contributed by atoms with Gasteiger partial charge in [-0.05, 0) is 19.1 Å². The van der Waals surface area contributed by atoms with Gasteiger partial charge in [-0.2, -0.15) is 4.80 Å².